The molecule has 1 unspecified atom stereocenters. The molecular formula is C20H27ClN4O3. The van der Waals surface area contributed by atoms with Gasteiger partial charge in [-0.25, -0.2) is 19.7 Å². The van der Waals surface area contributed by atoms with E-state index in [1.54, 1.807) is 6.20 Å². The minimum absolute atomic E-state index is 0.186. The first kappa shape index (κ1) is 19.4. The number of hydrogen-bond donors (Lipinski definition) is 0. The largest absolute Gasteiger partial charge is 0.443 e. The quantitative estimate of drug-likeness (QED) is 0.661. The van der Waals surface area contributed by atoms with Gasteiger partial charge in [-0.05, 0) is 58.1 Å². The van der Waals surface area contributed by atoms with Crippen LogP contribution in [0.1, 0.15) is 64.9 Å². The van der Waals surface area contributed by atoms with E-state index in [2.05, 4.69) is 14.9 Å². The molecule has 0 N–H and O–H groups in total. The Balaban J connectivity index is 1.72. The highest BCUT2D eigenvalue weighted by Gasteiger charge is 2.57. The Morgan fingerprint density at radius 2 is 2.00 bits per heavy atom. The molecule has 0 bridgehead atoms. The number of nitrogens with zero attached hydrogens (tertiary/aromatic N) is 4. The van der Waals surface area contributed by atoms with Crippen molar-refractivity contribution in [1.29, 1.82) is 0 Å². The second-order valence-electron chi connectivity index (χ2n) is 9.05. The van der Waals surface area contributed by atoms with Crippen molar-refractivity contribution in [2.75, 3.05) is 11.4 Å². The fraction of sp³-hybridized carbons (Fsp3) is 0.700. The molecule has 1 aromatic heterocycles. The lowest BCUT2D eigenvalue weighted by Gasteiger charge is -2.46. The van der Waals surface area contributed by atoms with Crippen molar-refractivity contribution in [2.24, 2.45) is 0 Å². The number of fused-ring (bicyclic) bond motifs is 1. The van der Waals surface area contributed by atoms with Crippen LogP contribution in [0.5, 0.6) is 0 Å². The molecule has 1 saturated carbocycles. The van der Waals surface area contributed by atoms with Crippen LogP contribution in [0.4, 0.5) is 10.6 Å². The van der Waals surface area contributed by atoms with Gasteiger partial charge in [0.15, 0.2) is 0 Å². The summed E-state index contributed by atoms with van der Waals surface area (Å²) in [6.07, 6.45) is 7.40. The van der Waals surface area contributed by atoms with Crippen molar-refractivity contribution < 1.29 is 14.3 Å². The number of carbonyl (C=O) groups excluding carboxylic acids is 2. The summed E-state index contributed by atoms with van der Waals surface area (Å²) in [4.78, 5) is 38.5. The van der Waals surface area contributed by atoms with Crippen LogP contribution in [-0.4, -0.2) is 50.6 Å². The number of rotatable bonds is 1. The molecule has 3 heterocycles. The molecule has 2 amide bonds. The van der Waals surface area contributed by atoms with Gasteiger partial charge in [-0.1, -0.05) is 12.8 Å². The van der Waals surface area contributed by atoms with Crippen LogP contribution in [-0.2, 0) is 16.0 Å². The van der Waals surface area contributed by atoms with Crippen molar-refractivity contribution in [1.82, 2.24) is 14.9 Å². The van der Waals surface area contributed by atoms with Crippen molar-refractivity contribution in [3.8, 4) is 0 Å². The lowest BCUT2D eigenvalue weighted by Crippen LogP contribution is -2.65. The standard InChI is InChI=1S/C20H27ClN4O3/c1-19(2,3)28-18(27)24-10-6-9-20(16(24)26)11-13-12-22-17(21)23-15(13)25(20)14-7-4-5-8-14/h12,14H,4-11H2,1-3H3. The third-order valence-corrected chi connectivity index (χ3v) is 6.09. The van der Waals surface area contributed by atoms with Crippen LogP contribution in [0, 0.1) is 0 Å². The van der Waals surface area contributed by atoms with E-state index in [4.69, 9.17) is 16.3 Å². The minimum Gasteiger partial charge on any atom is -0.443 e. The maximum absolute atomic E-state index is 13.7. The van der Waals surface area contributed by atoms with E-state index >= 15 is 0 Å². The van der Waals surface area contributed by atoms with Crippen LogP contribution in [0.25, 0.3) is 0 Å². The SMILES string of the molecule is CC(C)(C)OC(=O)N1CCCC2(Cc3cnc(Cl)nc3N2C2CCCC2)C1=O. The van der Waals surface area contributed by atoms with E-state index in [1.165, 1.54) is 4.90 Å². The van der Waals surface area contributed by atoms with Crippen LogP contribution in [0.3, 0.4) is 0 Å². The summed E-state index contributed by atoms with van der Waals surface area (Å²) in [5, 5.41) is 0.186. The third-order valence-electron chi connectivity index (χ3n) is 5.90. The Morgan fingerprint density at radius 3 is 2.68 bits per heavy atom. The molecular weight excluding hydrogens is 380 g/mol. The van der Waals surface area contributed by atoms with E-state index in [9.17, 15) is 9.59 Å². The van der Waals surface area contributed by atoms with Gasteiger partial charge in [-0.3, -0.25) is 4.79 Å². The molecule has 0 aromatic carbocycles. The number of amides is 2. The van der Waals surface area contributed by atoms with Gasteiger partial charge in [0.25, 0.3) is 5.91 Å². The minimum atomic E-state index is -0.800. The summed E-state index contributed by atoms with van der Waals surface area (Å²) >= 11 is 6.09. The fourth-order valence-corrected chi connectivity index (χ4v) is 4.99. The van der Waals surface area contributed by atoms with E-state index in [1.807, 2.05) is 20.8 Å². The van der Waals surface area contributed by atoms with Gasteiger partial charge in [0, 0.05) is 30.8 Å². The monoisotopic (exact) mass is 406 g/mol. The van der Waals surface area contributed by atoms with Gasteiger partial charge >= 0.3 is 6.09 Å². The molecule has 1 aromatic rings. The highest BCUT2D eigenvalue weighted by Crippen LogP contribution is 2.47. The molecule has 2 fully saturated rings. The zero-order chi connectivity index (χ0) is 20.1. The zero-order valence-electron chi connectivity index (χ0n) is 16.7. The maximum Gasteiger partial charge on any atom is 0.417 e. The summed E-state index contributed by atoms with van der Waals surface area (Å²) < 4.78 is 5.51. The van der Waals surface area contributed by atoms with Gasteiger partial charge < -0.3 is 9.64 Å². The van der Waals surface area contributed by atoms with Crippen molar-refractivity contribution in [3.63, 3.8) is 0 Å². The van der Waals surface area contributed by atoms with Crippen LogP contribution < -0.4 is 4.90 Å². The average Bonchev–Trinajstić information content (AvgIpc) is 3.21. The van der Waals surface area contributed by atoms with Crippen LogP contribution in [0.2, 0.25) is 5.28 Å². The molecule has 1 spiro atoms. The smallest absolute Gasteiger partial charge is 0.417 e. The van der Waals surface area contributed by atoms with E-state index in [0.717, 1.165) is 43.5 Å². The summed E-state index contributed by atoms with van der Waals surface area (Å²) in [6.45, 7) is 5.81. The summed E-state index contributed by atoms with van der Waals surface area (Å²) in [7, 11) is 0. The molecule has 28 heavy (non-hydrogen) atoms. The summed E-state index contributed by atoms with van der Waals surface area (Å²) in [6, 6.07) is 0.231. The van der Waals surface area contributed by atoms with Crippen molar-refractivity contribution >= 4 is 29.4 Å². The first-order valence-electron chi connectivity index (χ1n) is 10.1. The molecule has 3 aliphatic rings. The Kier molecular flexibility index (Phi) is 4.76. The number of halogens is 1. The van der Waals surface area contributed by atoms with Gasteiger partial charge in [0.1, 0.15) is 17.0 Å². The molecule has 7 nitrogen and oxygen atoms in total. The number of imide groups is 1. The zero-order valence-corrected chi connectivity index (χ0v) is 17.5. The van der Waals surface area contributed by atoms with Gasteiger partial charge in [0.2, 0.25) is 5.28 Å². The molecule has 4 rings (SSSR count). The number of hydrogen-bond acceptors (Lipinski definition) is 6. The lowest BCUT2D eigenvalue weighted by molar-refractivity contribution is -0.139. The first-order valence-corrected chi connectivity index (χ1v) is 10.4. The summed E-state index contributed by atoms with van der Waals surface area (Å²) in [5.41, 5.74) is -0.521. The second-order valence-corrected chi connectivity index (χ2v) is 9.38. The number of aromatic nitrogens is 2. The Hall–Kier alpha value is -1.89. The van der Waals surface area contributed by atoms with Crippen LogP contribution >= 0.6 is 11.6 Å². The molecule has 1 aliphatic carbocycles. The number of ether oxygens (including phenoxy) is 1. The predicted molar refractivity (Wildman–Crippen MR) is 105 cm³/mol. The van der Waals surface area contributed by atoms with Crippen LogP contribution in [0.15, 0.2) is 6.20 Å². The van der Waals surface area contributed by atoms with E-state index in [-0.39, 0.29) is 17.2 Å². The normalized spacial score (nSPS) is 25.5. The van der Waals surface area contributed by atoms with Gasteiger partial charge in [0.05, 0.1) is 0 Å². The van der Waals surface area contributed by atoms with E-state index in [0.29, 0.717) is 19.4 Å². The second kappa shape index (κ2) is 6.87. The molecule has 1 atom stereocenters. The van der Waals surface area contributed by atoms with Crippen molar-refractivity contribution in [2.45, 2.75) is 82.9 Å². The Labute approximate surface area is 170 Å². The number of piperidine rings is 1. The average molecular weight is 407 g/mol. The van der Waals surface area contributed by atoms with Crippen molar-refractivity contribution in [3.05, 3.63) is 17.0 Å². The maximum atomic E-state index is 13.7. The fourth-order valence-electron chi connectivity index (χ4n) is 4.87. The topological polar surface area (TPSA) is 75.6 Å². The van der Waals surface area contributed by atoms with Gasteiger partial charge in [-0.15, -0.1) is 0 Å². The molecule has 2 aliphatic heterocycles. The first-order chi connectivity index (χ1) is 13.2. The summed E-state index contributed by atoms with van der Waals surface area (Å²) in [5.74, 6) is 0.570. The number of anilines is 1. The third kappa shape index (κ3) is 3.23. The number of likely N-dealkylation sites (tertiary alicyclic amines) is 1. The lowest BCUT2D eigenvalue weighted by atomic mass is 9.83. The molecule has 1 saturated heterocycles. The van der Waals surface area contributed by atoms with E-state index < -0.39 is 17.2 Å². The molecule has 0 radical (unpaired) electrons. The Morgan fingerprint density at radius 1 is 1.29 bits per heavy atom. The highest BCUT2D eigenvalue weighted by molar-refractivity contribution is 6.28. The predicted octanol–water partition coefficient (Wildman–Crippen LogP) is 3.73. The highest BCUT2D eigenvalue weighted by atomic mass is 35.5. The Bertz CT molecular complexity index is 803. The molecule has 8 heteroatoms. The number of carbonyl (C=O) groups is 2. The van der Waals surface area contributed by atoms with Gasteiger partial charge in [-0.2, -0.15) is 0 Å². The molecule has 152 valence electrons.